The summed E-state index contributed by atoms with van der Waals surface area (Å²) < 4.78 is 0. The number of hydrogen-bond acceptors (Lipinski definition) is 4. The van der Waals surface area contributed by atoms with Gasteiger partial charge in [-0.3, -0.25) is 0 Å². The van der Waals surface area contributed by atoms with E-state index in [1.165, 1.54) is 36.2 Å². The predicted octanol–water partition coefficient (Wildman–Crippen LogP) is 5.94. The van der Waals surface area contributed by atoms with Crippen molar-refractivity contribution < 1.29 is 0 Å². The first-order valence-corrected chi connectivity index (χ1v) is 10.8. The summed E-state index contributed by atoms with van der Waals surface area (Å²) in [5.41, 5.74) is 5.59. The van der Waals surface area contributed by atoms with Crippen LogP contribution in [0.1, 0.15) is 45.1 Å². The highest BCUT2D eigenvalue weighted by Gasteiger charge is 2.69. The van der Waals surface area contributed by atoms with E-state index in [2.05, 4.69) is 83.2 Å². The van der Waals surface area contributed by atoms with Gasteiger partial charge in [0.25, 0.3) is 0 Å². The normalized spacial score (nSPS) is 28.8. The van der Waals surface area contributed by atoms with E-state index in [4.69, 9.17) is 4.98 Å². The standard InChI is InChI=1S/C25H26N4/c1-3-24-14-15-25(24,4-2)23-28(18-10-6-5-7-11-18)22-21(16-26-17-27-22)29(23)20-13-9-8-12-19(20)24/h5-13,16-17,23H,3-4,14-15H2,1-2H3. The second-order valence-electron chi connectivity index (χ2n) is 8.64. The van der Waals surface area contributed by atoms with Gasteiger partial charge in [0, 0.05) is 22.2 Å². The highest BCUT2D eigenvalue weighted by molar-refractivity contribution is 5.88. The van der Waals surface area contributed by atoms with Gasteiger partial charge in [-0.2, -0.15) is 0 Å². The Bertz CT molecular complexity index is 1070. The lowest BCUT2D eigenvalue weighted by atomic mass is 9.42. The molecule has 2 aromatic carbocycles. The minimum absolute atomic E-state index is 0.187. The molecule has 0 N–H and O–H groups in total. The highest BCUT2D eigenvalue weighted by Crippen LogP contribution is 2.72. The Morgan fingerprint density at radius 2 is 1.69 bits per heavy atom. The number of rotatable bonds is 3. The smallest absolute Gasteiger partial charge is 0.162 e. The van der Waals surface area contributed by atoms with Gasteiger partial charge in [0.2, 0.25) is 0 Å². The van der Waals surface area contributed by atoms with E-state index in [9.17, 15) is 0 Å². The monoisotopic (exact) mass is 382 g/mol. The fourth-order valence-corrected chi connectivity index (χ4v) is 6.67. The zero-order valence-corrected chi connectivity index (χ0v) is 17.0. The van der Waals surface area contributed by atoms with E-state index in [1.807, 2.05) is 6.20 Å². The second-order valence-corrected chi connectivity index (χ2v) is 8.64. The van der Waals surface area contributed by atoms with Gasteiger partial charge in [-0.25, -0.2) is 9.97 Å². The van der Waals surface area contributed by atoms with E-state index >= 15 is 0 Å². The number of anilines is 4. The Morgan fingerprint density at radius 1 is 0.897 bits per heavy atom. The molecule has 4 heteroatoms. The lowest BCUT2D eigenvalue weighted by Crippen LogP contribution is -2.69. The predicted molar refractivity (Wildman–Crippen MR) is 117 cm³/mol. The maximum atomic E-state index is 4.78. The molecule has 0 spiro atoms. The lowest BCUT2D eigenvalue weighted by molar-refractivity contribution is -0.0455. The van der Waals surface area contributed by atoms with Crippen LogP contribution in [0.2, 0.25) is 0 Å². The van der Waals surface area contributed by atoms with Gasteiger partial charge in [-0.1, -0.05) is 50.2 Å². The molecule has 0 bridgehead atoms. The zero-order valence-electron chi connectivity index (χ0n) is 17.0. The fourth-order valence-electron chi connectivity index (χ4n) is 6.67. The average Bonchev–Trinajstić information content (AvgIpc) is 3.10. The van der Waals surface area contributed by atoms with Crippen molar-refractivity contribution in [2.45, 2.75) is 51.1 Å². The third-order valence-electron chi connectivity index (χ3n) is 8.04. The molecule has 0 amide bonds. The van der Waals surface area contributed by atoms with Crippen molar-refractivity contribution in [3.8, 4) is 0 Å². The van der Waals surface area contributed by atoms with Crippen LogP contribution in [0.15, 0.2) is 67.1 Å². The first-order chi connectivity index (χ1) is 14.3. The molecular weight excluding hydrogens is 356 g/mol. The third-order valence-corrected chi connectivity index (χ3v) is 8.04. The maximum absolute atomic E-state index is 4.78. The first-order valence-electron chi connectivity index (χ1n) is 10.8. The molecule has 0 saturated heterocycles. The van der Waals surface area contributed by atoms with Crippen molar-refractivity contribution in [1.29, 1.82) is 0 Å². The van der Waals surface area contributed by atoms with Gasteiger partial charge in [-0.15, -0.1) is 0 Å². The molecule has 2 aliphatic heterocycles. The molecule has 1 fully saturated rings. The summed E-state index contributed by atoms with van der Waals surface area (Å²) in [6.07, 6.45) is 8.75. The molecule has 3 aliphatic rings. The van der Waals surface area contributed by atoms with Gasteiger partial charge in [0.1, 0.15) is 18.2 Å². The van der Waals surface area contributed by atoms with Gasteiger partial charge in [-0.05, 0) is 49.4 Å². The van der Waals surface area contributed by atoms with Gasteiger partial charge >= 0.3 is 0 Å². The molecule has 3 unspecified atom stereocenters. The van der Waals surface area contributed by atoms with E-state index in [-0.39, 0.29) is 17.0 Å². The SMILES string of the molecule is CCC12CCC1(CC)C1N(c3ccccc32)c2cncnc2N1c1ccccc1. The molecule has 6 rings (SSSR count). The highest BCUT2D eigenvalue weighted by atomic mass is 15.5. The van der Waals surface area contributed by atoms with Crippen LogP contribution >= 0.6 is 0 Å². The molecular formula is C25H26N4. The van der Waals surface area contributed by atoms with Crippen molar-refractivity contribution in [3.05, 3.63) is 72.7 Å². The minimum Gasteiger partial charge on any atom is -0.315 e. The summed E-state index contributed by atoms with van der Waals surface area (Å²) in [6.45, 7) is 4.76. The third kappa shape index (κ3) is 1.85. The molecule has 0 radical (unpaired) electrons. The van der Waals surface area contributed by atoms with Gasteiger partial charge in [0.05, 0.1) is 6.20 Å². The summed E-state index contributed by atoms with van der Waals surface area (Å²) in [6, 6.07) is 19.8. The lowest BCUT2D eigenvalue weighted by Gasteiger charge is -2.68. The fraction of sp³-hybridized carbons (Fsp3) is 0.360. The quantitative estimate of drug-likeness (QED) is 0.561. The molecule has 3 heterocycles. The molecule has 1 aliphatic carbocycles. The maximum Gasteiger partial charge on any atom is 0.162 e. The summed E-state index contributed by atoms with van der Waals surface area (Å²) in [5, 5.41) is 0. The first kappa shape index (κ1) is 17.0. The van der Waals surface area contributed by atoms with Crippen LogP contribution in [0.5, 0.6) is 0 Å². The van der Waals surface area contributed by atoms with Gasteiger partial charge in [0.15, 0.2) is 5.82 Å². The molecule has 4 nitrogen and oxygen atoms in total. The second kappa shape index (κ2) is 5.82. The number of fused-ring (bicyclic) bond motifs is 8. The number of hydrogen-bond donors (Lipinski definition) is 0. The van der Waals surface area contributed by atoms with Crippen molar-refractivity contribution in [2.24, 2.45) is 5.41 Å². The topological polar surface area (TPSA) is 32.3 Å². The van der Waals surface area contributed by atoms with Crippen molar-refractivity contribution in [3.63, 3.8) is 0 Å². The Hall–Kier alpha value is -2.88. The molecule has 3 aromatic rings. The Morgan fingerprint density at radius 3 is 2.41 bits per heavy atom. The molecule has 1 aromatic heterocycles. The zero-order chi connectivity index (χ0) is 19.6. The van der Waals surface area contributed by atoms with Gasteiger partial charge < -0.3 is 9.80 Å². The van der Waals surface area contributed by atoms with Crippen LogP contribution in [0.25, 0.3) is 0 Å². The van der Waals surface area contributed by atoms with Crippen LogP contribution < -0.4 is 9.80 Å². The van der Waals surface area contributed by atoms with E-state index in [0.29, 0.717) is 0 Å². The minimum atomic E-state index is 0.187. The summed E-state index contributed by atoms with van der Waals surface area (Å²) in [4.78, 5) is 14.2. The van der Waals surface area contributed by atoms with E-state index < -0.39 is 0 Å². The Balaban J connectivity index is 1.69. The molecule has 29 heavy (non-hydrogen) atoms. The van der Waals surface area contributed by atoms with Crippen molar-refractivity contribution >= 4 is 22.9 Å². The van der Waals surface area contributed by atoms with Crippen molar-refractivity contribution in [1.82, 2.24) is 9.97 Å². The Labute approximate surface area is 172 Å². The number of aromatic nitrogens is 2. The number of nitrogens with zero attached hydrogens (tertiary/aromatic N) is 4. The van der Waals surface area contributed by atoms with Crippen LogP contribution in [-0.4, -0.2) is 16.1 Å². The van der Waals surface area contributed by atoms with Crippen molar-refractivity contribution in [2.75, 3.05) is 9.80 Å². The van der Waals surface area contributed by atoms with Crippen LogP contribution in [0.4, 0.5) is 22.9 Å². The largest absolute Gasteiger partial charge is 0.315 e. The summed E-state index contributed by atoms with van der Waals surface area (Å²) >= 11 is 0. The van der Waals surface area contributed by atoms with Crippen LogP contribution in [-0.2, 0) is 5.41 Å². The average molecular weight is 383 g/mol. The summed E-state index contributed by atoms with van der Waals surface area (Å²) in [5.74, 6) is 1.03. The van der Waals surface area contributed by atoms with E-state index in [1.54, 1.807) is 6.33 Å². The van der Waals surface area contributed by atoms with Crippen LogP contribution in [0, 0.1) is 5.41 Å². The number of benzene rings is 2. The number of para-hydroxylation sites is 2. The molecule has 3 atom stereocenters. The summed E-state index contributed by atoms with van der Waals surface area (Å²) in [7, 11) is 0. The molecule has 146 valence electrons. The van der Waals surface area contributed by atoms with Crippen LogP contribution in [0.3, 0.4) is 0 Å². The molecule has 1 saturated carbocycles. The Kier molecular flexibility index (Phi) is 3.41. The van der Waals surface area contributed by atoms with E-state index in [0.717, 1.165) is 17.9 Å².